The monoisotopic (exact) mass is 556 g/mol. The number of anilines is 3. The lowest BCUT2D eigenvalue weighted by Crippen LogP contribution is -2.47. The first-order chi connectivity index (χ1) is 19.3. The number of aromatic nitrogens is 1. The van der Waals surface area contributed by atoms with Crippen LogP contribution < -0.4 is 21.1 Å². The van der Waals surface area contributed by atoms with Crippen LogP contribution in [0.4, 0.5) is 21.5 Å². The fraction of sp³-hybridized carbons (Fsp3) is 0.194. The number of piperidine rings is 1. The van der Waals surface area contributed by atoms with E-state index in [2.05, 4.69) is 15.5 Å². The number of nitrogens with zero attached hydrogens (tertiary/aromatic N) is 2. The summed E-state index contributed by atoms with van der Waals surface area (Å²) >= 11 is 5.96. The molecule has 2 N–H and O–H groups in total. The van der Waals surface area contributed by atoms with Gasteiger partial charge in [0.2, 0.25) is 0 Å². The molecular weight excluding hydrogens is 531 g/mol. The van der Waals surface area contributed by atoms with Crippen molar-refractivity contribution in [3.05, 3.63) is 123 Å². The molecule has 2 amide bonds. The van der Waals surface area contributed by atoms with Crippen LogP contribution in [0.15, 0.2) is 89.7 Å². The molecule has 0 radical (unpaired) electrons. The molecule has 0 unspecified atom stereocenters. The van der Waals surface area contributed by atoms with Gasteiger partial charge in [0.1, 0.15) is 5.82 Å². The molecule has 1 saturated heterocycles. The Morgan fingerprint density at radius 3 is 2.33 bits per heavy atom. The number of carbonyl (C=O) groups is 2. The van der Waals surface area contributed by atoms with Crippen molar-refractivity contribution in [1.82, 2.24) is 4.57 Å². The minimum atomic E-state index is -0.433. The molecule has 6 rings (SSSR count). The third-order valence-corrected chi connectivity index (χ3v) is 7.79. The van der Waals surface area contributed by atoms with Crippen molar-refractivity contribution in [2.75, 3.05) is 28.6 Å². The van der Waals surface area contributed by atoms with Crippen LogP contribution in [0.25, 0.3) is 0 Å². The molecule has 40 heavy (non-hydrogen) atoms. The maximum atomic E-state index is 13.5. The molecule has 0 spiro atoms. The second-order valence-electron chi connectivity index (χ2n) is 10.3. The van der Waals surface area contributed by atoms with Crippen LogP contribution in [0.1, 0.15) is 38.7 Å². The predicted molar refractivity (Wildman–Crippen MR) is 154 cm³/mol. The molecule has 2 bridgehead atoms. The SMILES string of the molecule is O=C(Nc1ccc(Cl)cc1)c1ccc(N2C[C@H]3C[C@@H](C2)c2cccc(=O)n2C3)c(NC(=O)c2ccc(F)cc2)c1. The molecule has 1 fully saturated rings. The van der Waals surface area contributed by atoms with Gasteiger partial charge < -0.3 is 20.1 Å². The van der Waals surface area contributed by atoms with Gasteiger partial charge >= 0.3 is 0 Å². The number of hydrogen-bond donors (Lipinski definition) is 2. The van der Waals surface area contributed by atoms with Crippen LogP contribution in [0.3, 0.4) is 0 Å². The lowest BCUT2D eigenvalue weighted by molar-refractivity contribution is 0.101. The molecular formula is C31H26ClFN4O3. The normalized spacial score (nSPS) is 17.6. The van der Waals surface area contributed by atoms with Crippen LogP contribution in [0, 0.1) is 11.7 Å². The zero-order valence-corrected chi connectivity index (χ0v) is 22.2. The maximum absolute atomic E-state index is 13.5. The highest BCUT2D eigenvalue weighted by atomic mass is 35.5. The molecule has 4 aromatic rings. The van der Waals surface area contributed by atoms with Crippen molar-refractivity contribution in [2.24, 2.45) is 5.92 Å². The van der Waals surface area contributed by atoms with E-state index in [0.29, 0.717) is 47.2 Å². The summed E-state index contributed by atoms with van der Waals surface area (Å²) in [4.78, 5) is 40.9. The van der Waals surface area contributed by atoms with Gasteiger partial charge in [-0.1, -0.05) is 17.7 Å². The molecule has 2 atom stereocenters. The molecule has 2 aliphatic heterocycles. The lowest BCUT2D eigenvalue weighted by Gasteiger charge is -2.44. The van der Waals surface area contributed by atoms with Gasteiger partial charge in [-0.2, -0.15) is 0 Å². The van der Waals surface area contributed by atoms with E-state index in [-0.39, 0.29) is 23.3 Å². The number of benzene rings is 3. The number of rotatable bonds is 5. The molecule has 0 saturated carbocycles. The Bertz CT molecular complexity index is 1650. The molecule has 7 nitrogen and oxygen atoms in total. The van der Waals surface area contributed by atoms with Gasteiger partial charge in [0.25, 0.3) is 17.4 Å². The molecule has 202 valence electrons. The smallest absolute Gasteiger partial charge is 0.255 e. The van der Waals surface area contributed by atoms with E-state index in [0.717, 1.165) is 17.8 Å². The van der Waals surface area contributed by atoms with E-state index in [1.165, 1.54) is 24.3 Å². The topological polar surface area (TPSA) is 83.4 Å². The summed E-state index contributed by atoms with van der Waals surface area (Å²) in [6.45, 7) is 2.00. The lowest BCUT2D eigenvalue weighted by atomic mass is 9.83. The van der Waals surface area contributed by atoms with Crippen LogP contribution in [0.2, 0.25) is 5.02 Å². The highest BCUT2D eigenvalue weighted by Crippen LogP contribution is 2.39. The van der Waals surface area contributed by atoms with Crippen LogP contribution >= 0.6 is 11.6 Å². The van der Waals surface area contributed by atoms with Crippen molar-refractivity contribution in [2.45, 2.75) is 18.9 Å². The second kappa shape index (κ2) is 10.6. The van der Waals surface area contributed by atoms with Gasteiger partial charge in [-0.05, 0) is 85.1 Å². The number of hydrogen-bond acceptors (Lipinski definition) is 4. The summed E-state index contributed by atoms with van der Waals surface area (Å²) in [5.41, 5.74) is 3.54. The summed E-state index contributed by atoms with van der Waals surface area (Å²) in [6.07, 6.45) is 0.985. The Balaban J connectivity index is 1.32. The van der Waals surface area contributed by atoms with E-state index >= 15 is 0 Å². The van der Waals surface area contributed by atoms with E-state index in [9.17, 15) is 18.8 Å². The first-order valence-corrected chi connectivity index (χ1v) is 13.4. The average molecular weight is 557 g/mol. The van der Waals surface area contributed by atoms with Gasteiger partial charge in [-0.3, -0.25) is 14.4 Å². The van der Waals surface area contributed by atoms with Crippen molar-refractivity contribution in [3.63, 3.8) is 0 Å². The highest BCUT2D eigenvalue weighted by Gasteiger charge is 2.35. The third kappa shape index (κ3) is 5.22. The van der Waals surface area contributed by atoms with Crippen LogP contribution in [-0.4, -0.2) is 29.5 Å². The molecule has 2 aliphatic rings. The Morgan fingerprint density at radius 1 is 0.825 bits per heavy atom. The second-order valence-corrected chi connectivity index (χ2v) is 10.7. The van der Waals surface area contributed by atoms with Crippen molar-refractivity contribution >= 4 is 40.5 Å². The first kappa shape index (κ1) is 25.8. The summed E-state index contributed by atoms with van der Waals surface area (Å²) < 4.78 is 15.3. The van der Waals surface area contributed by atoms with Gasteiger partial charge in [0.15, 0.2) is 0 Å². The molecule has 1 aromatic heterocycles. The Kier molecular flexibility index (Phi) is 6.86. The van der Waals surface area contributed by atoms with Crippen LogP contribution in [-0.2, 0) is 6.54 Å². The van der Waals surface area contributed by atoms with Gasteiger partial charge in [-0.15, -0.1) is 0 Å². The Labute approximate surface area is 235 Å². The minimum absolute atomic E-state index is 0.0175. The summed E-state index contributed by atoms with van der Waals surface area (Å²) in [5.74, 6) is -0.757. The minimum Gasteiger partial charge on any atom is -0.369 e. The summed E-state index contributed by atoms with van der Waals surface area (Å²) in [6, 6.07) is 22.7. The van der Waals surface area contributed by atoms with Gasteiger partial charge in [0.05, 0.1) is 11.4 Å². The number of amides is 2. The summed E-state index contributed by atoms with van der Waals surface area (Å²) in [7, 11) is 0. The van der Waals surface area contributed by atoms with Crippen molar-refractivity contribution in [1.29, 1.82) is 0 Å². The Hall–Kier alpha value is -4.43. The van der Waals surface area contributed by atoms with E-state index < -0.39 is 11.7 Å². The maximum Gasteiger partial charge on any atom is 0.255 e. The fourth-order valence-electron chi connectivity index (χ4n) is 5.68. The highest BCUT2D eigenvalue weighted by molar-refractivity contribution is 6.30. The third-order valence-electron chi connectivity index (χ3n) is 7.54. The van der Waals surface area contributed by atoms with Crippen LogP contribution in [0.5, 0.6) is 0 Å². The van der Waals surface area contributed by atoms with Crippen molar-refractivity contribution < 1.29 is 14.0 Å². The average Bonchev–Trinajstić information content (AvgIpc) is 2.95. The summed E-state index contributed by atoms with van der Waals surface area (Å²) in [5, 5.41) is 6.36. The predicted octanol–water partition coefficient (Wildman–Crippen LogP) is 5.77. The van der Waals surface area contributed by atoms with Gasteiger partial charge in [-0.25, -0.2) is 4.39 Å². The van der Waals surface area contributed by atoms with Crippen molar-refractivity contribution in [3.8, 4) is 0 Å². The number of pyridine rings is 1. The van der Waals surface area contributed by atoms with Gasteiger partial charge in [0, 0.05) is 59.1 Å². The molecule has 9 heteroatoms. The van der Waals surface area contributed by atoms with E-state index in [4.69, 9.17) is 11.6 Å². The number of nitrogens with one attached hydrogen (secondary N) is 2. The first-order valence-electron chi connectivity index (χ1n) is 13.1. The van der Waals surface area contributed by atoms with E-state index in [1.807, 2.05) is 16.7 Å². The van der Waals surface area contributed by atoms with E-state index in [1.54, 1.807) is 48.5 Å². The standard InChI is InChI=1S/C31H26ClFN4O3/c32-23-7-11-25(12-8-23)34-31(40)21-6-13-28(26(15-21)35-30(39)20-4-9-24(33)10-5-20)36-16-19-14-22(18-36)27-2-1-3-29(38)37(27)17-19/h1-13,15,19,22H,14,16-18H2,(H,34,40)(H,35,39)/t19-,22+/m1/s1. The quantitative estimate of drug-likeness (QED) is 0.327. The number of carbonyl (C=O) groups excluding carboxylic acids is 2. The largest absolute Gasteiger partial charge is 0.369 e. The Morgan fingerprint density at radius 2 is 1.55 bits per heavy atom. The molecule has 3 aromatic carbocycles. The zero-order valence-electron chi connectivity index (χ0n) is 21.4. The zero-order chi connectivity index (χ0) is 27.8. The fourth-order valence-corrected chi connectivity index (χ4v) is 5.80. The molecule has 0 aliphatic carbocycles. The number of halogens is 2. The molecule has 3 heterocycles. The number of fused-ring (bicyclic) bond motifs is 4.